The third-order valence-electron chi connectivity index (χ3n) is 4.37. The van der Waals surface area contributed by atoms with Crippen LogP contribution in [-0.4, -0.2) is 23.6 Å². The third kappa shape index (κ3) is 5.86. The van der Waals surface area contributed by atoms with Crippen LogP contribution in [0, 0.1) is 0 Å². The van der Waals surface area contributed by atoms with Crippen LogP contribution in [0.5, 0.6) is 0 Å². The van der Waals surface area contributed by atoms with Gasteiger partial charge in [0.15, 0.2) is 5.78 Å². The lowest BCUT2D eigenvalue weighted by Gasteiger charge is -2.23. The number of aliphatic hydroxyl groups is 1. The maximum absolute atomic E-state index is 12.8. The maximum Gasteiger partial charge on any atom is 0.190 e. The molecule has 4 heteroatoms. The van der Waals surface area contributed by atoms with E-state index < -0.39 is 12.2 Å². The molecule has 28 heavy (non-hydrogen) atoms. The van der Waals surface area contributed by atoms with Crippen LogP contribution in [0.1, 0.15) is 22.8 Å². The van der Waals surface area contributed by atoms with Gasteiger partial charge in [-0.15, -0.1) is 0 Å². The lowest BCUT2D eigenvalue weighted by atomic mass is 10.0. The van der Waals surface area contributed by atoms with E-state index in [2.05, 4.69) is 0 Å². The Bertz CT molecular complexity index is 834. The van der Waals surface area contributed by atoms with E-state index >= 15 is 0 Å². The van der Waals surface area contributed by atoms with E-state index in [1.807, 2.05) is 78.9 Å². The summed E-state index contributed by atoms with van der Waals surface area (Å²) in [5, 5.41) is 10.7. The molecular formula is C24H24O4. The van der Waals surface area contributed by atoms with Crippen molar-refractivity contribution in [3.05, 3.63) is 108 Å². The van der Waals surface area contributed by atoms with Crippen molar-refractivity contribution in [3.8, 4) is 0 Å². The number of aliphatic hydroxyl groups excluding tert-OH is 1. The van der Waals surface area contributed by atoms with Gasteiger partial charge in [0.25, 0.3) is 0 Å². The molecule has 2 atom stereocenters. The standard InChI is InChI=1S/C24H24O4/c25-22(18-27-16-19-10-4-1-5-11-19)24(23(26)21-14-8-3-9-15-21)28-17-20-12-6-2-7-13-20/h1-15,23-24,26H,16-18H2/t23-,24-/m0/s1. The number of hydrogen-bond acceptors (Lipinski definition) is 4. The monoisotopic (exact) mass is 376 g/mol. The SMILES string of the molecule is O=C(COCc1ccccc1)[C@H](OCc1ccccc1)[C@@H](O)c1ccccc1. The van der Waals surface area contributed by atoms with Crippen LogP contribution in [0.4, 0.5) is 0 Å². The zero-order valence-corrected chi connectivity index (χ0v) is 15.6. The second-order valence-corrected chi connectivity index (χ2v) is 6.52. The highest BCUT2D eigenvalue weighted by Crippen LogP contribution is 2.21. The molecule has 1 N–H and O–H groups in total. The Balaban J connectivity index is 1.64. The molecule has 144 valence electrons. The Morgan fingerprint density at radius 2 is 1.25 bits per heavy atom. The number of Topliss-reactive ketones (excluding diaryl/α,β-unsaturated/α-hetero) is 1. The Morgan fingerprint density at radius 3 is 1.82 bits per heavy atom. The summed E-state index contributed by atoms with van der Waals surface area (Å²) in [6.45, 7) is 0.442. The molecule has 3 aromatic rings. The second-order valence-electron chi connectivity index (χ2n) is 6.52. The minimum Gasteiger partial charge on any atom is -0.385 e. The maximum atomic E-state index is 12.8. The van der Waals surface area contributed by atoms with Gasteiger partial charge < -0.3 is 14.6 Å². The van der Waals surface area contributed by atoms with Crippen molar-refractivity contribution < 1.29 is 19.4 Å². The molecule has 0 aliphatic carbocycles. The van der Waals surface area contributed by atoms with Crippen LogP contribution in [-0.2, 0) is 27.5 Å². The molecule has 0 radical (unpaired) electrons. The summed E-state index contributed by atoms with van der Waals surface area (Å²) < 4.78 is 11.4. The predicted octanol–water partition coefficient (Wildman–Crippen LogP) is 4.09. The molecule has 3 rings (SSSR count). The van der Waals surface area contributed by atoms with Gasteiger partial charge in [-0.2, -0.15) is 0 Å². The summed E-state index contributed by atoms with van der Waals surface area (Å²) in [5.74, 6) is -0.289. The second kappa shape index (κ2) is 10.5. The molecular weight excluding hydrogens is 352 g/mol. The van der Waals surface area contributed by atoms with Gasteiger partial charge in [0.1, 0.15) is 18.8 Å². The zero-order chi connectivity index (χ0) is 19.6. The van der Waals surface area contributed by atoms with Gasteiger partial charge in [-0.3, -0.25) is 4.79 Å². The summed E-state index contributed by atoms with van der Waals surface area (Å²) in [6, 6.07) is 28.3. The first-order chi connectivity index (χ1) is 13.7. The average Bonchev–Trinajstić information content (AvgIpc) is 2.76. The van der Waals surface area contributed by atoms with Gasteiger partial charge in [-0.05, 0) is 16.7 Å². The van der Waals surface area contributed by atoms with Crippen molar-refractivity contribution in [2.24, 2.45) is 0 Å². The highest BCUT2D eigenvalue weighted by Gasteiger charge is 2.29. The van der Waals surface area contributed by atoms with Crippen LogP contribution in [0.2, 0.25) is 0 Å². The van der Waals surface area contributed by atoms with Crippen LogP contribution in [0.25, 0.3) is 0 Å². The fraction of sp³-hybridized carbons (Fsp3) is 0.208. The number of ketones is 1. The van der Waals surface area contributed by atoms with Gasteiger partial charge in [-0.1, -0.05) is 91.0 Å². The van der Waals surface area contributed by atoms with Gasteiger partial charge in [-0.25, -0.2) is 0 Å². The lowest BCUT2D eigenvalue weighted by Crippen LogP contribution is -2.34. The average molecular weight is 376 g/mol. The van der Waals surface area contributed by atoms with Crippen molar-refractivity contribution in [1.29, 1.82) is 0 Å². The molecule has 0 amide bonds. The van der Waals surface area contributed by atoms with E-state index in [0.29, 0.717) is 12.2 Å². The number of hydrogen-bond donors (Lipinski definition) is 1. The van der Waals surface area contributed by atoms with E-state index in [1.54, 1.807) is 12.1 Å². The largest absolute Gasteiger partial charge is 0.385 e. The van der Waals surface area contributed by atoms with Crippen LogP contribution in [0.15, 0.2) is 91.0 Å². The predicted molar refractivity (Wildman–Crippen MR) is 108 cm³/mol. The van der Waals surface area contributed by atoms with Crippen LogP contribution >= 0.6 is 0 Å². The molecule has 0 aliphatic rings. The van der Waals surface area contributed by atoms with Gasteiger partial charge in [0.05, 0.1) is 13.2 Å². The van der Waals surface area contributed by atoms with Crippen LogP contribution < -0.4 is 0 Å². The molecule has 0 bridgehead atoms. The molecule has 0 saturated heterocycles. The Labute approximate surface area is 165 Å². The number of rotatable bonds is 10. The van der Waals surface area contributed by atoms with E-state index in [-0.39, 0.29) is 19.0 Å². The summed E-state index contributed by atoms with van der Waals surface area (Å²) in [4.78, 5) is 12.8. The Kier molecular flexibility index (Phi) is 7.50. The smallest absolute Gasteiger partial charge is 0.190 e. The first-order valence-electron chi connectivity index (χ1n) is 9.27. The summed E-state index contributed by atoms with van der Waals surface area (Å²) in [7, 11) is 0. The fourth-order valence-electron chi connectivity index (χ4n) is 2.87. The molecule has 0 saturated carbocycles. The Morgan fingerprint density at radius 1 is 0.750 bits per heavy atom. The van der Waals surface area contributed by atoms with Crippen molar-refractivity contribution in [2.45, 2.75) is 25.4 Å². The highest BCUT2D eigenvalue weighted by atomic mass is 16.5. The number of benzene rings is 3. The van der Waals surface area contributed by atoms with Crippen LogP contribution in [0.3, 0.4) is 0 Å². The van der Waals surface area contributed by atoms with Gasteiger partial charge in [0.2, 0.25) is 0 Å². The molecule has 4 nitrogen and oxygen atoms in total. The molecule has 0 aromatic heterocycles. The Hall–Kier alpha value is -2.79. The number of ether oxygens (including phenoxy) is 2. The first-order valence-corrected chi connectivity index (χ1v) is 9.27. The molecule has 0 spiro atoms. The topological polar surface area (TPSA) is 55.8 Å². The van der Waals surface area contributed by atoms with Gasteiger partial charge >= 0.3 is 0 Å². The highest BCUT2D eigenvalue weighted by molar-refractivity contribution is 5.85. The van der Waals surface area contributed by atoms with E-state index in [9.17, 15) is 9.90 Å². The molecule has 0 unspecified atom stereocenters. The summed E-state index contributed by atoms with van der Waals surface area (Å²) in [6.07, 6.45) is -2.06. The number of carbonyl (C=O) groups excluding carboxylic acids is 1. The van der Waals surface area contributed by atoms with Crippen molar-refractivity contribution in [1.82, 2.24) is 0 Å². The summed E-state index contributed by atoms with van der Waals surface area (Å²) in [5.41, 5.74) is 2.56. The van der Waals surface area contributed by atoms with E-state index in [4.69, 9.17) is 9.47 Å². The van der Waals surface area contributed by atoms with Gasteiger partial charge in [0, 0.05) is 0 Å². The quantitative estimate of drug-likeness (QED) is 0.579. The minimum atomic E-state index is -1.06. The first kappa shape index (κ1) is 20.0. The van der Waals surface area contributed by atoms with E-state index in [1.165, 1.54) is 0 Å². The zero-order valence-electron chi connectivity index (χ0n) is 15.6. The van der Waals surface area contributed by atoms with E-state index in [0.717, 1.165) is 11.1 Å². The number of carbonyl (C=O) groups is 1. The lowest BCUT2D eigenvalue weighted by molar-refractivity contribution is -0.145. The van der Waals surface area contributed by atoms with Crippen molar-refractivity contribution in [3.63, 3.8) is 0 Å². The fourth-order valence-corrected chi connectivity index (χ4v) is 2.87. The molecule has 0 heterocycles. The summed E-state index contributed by atoms with van der Waals surface area (Å²) >= 11 is 0. The third-order valence-corrected chi connectivity index (χ3v) is 4.37. The molecule has 3 aromatic carbocycles. The molecule has 0 fully saturated rings. The minimum absolute atomic E-state index is 0.127. The van der Waals surface area contributed by atoms with Crippen molar-refractivity contribution >= 4 is 5.78 Å². The molecule has 0 aliphatic heterocycles. The normalized spacial score (nSPS) is 13.0. The van der Waals surface area contributed by atoms with Crippen molar-refractivity contribution in [2.75, 3.05) is 6.61 Å².